The third kappa shape index (κ3) is 315. The second-order valence-electron chi connectivity index (χ2n) is 2.50. The summed E-state index contributed by atoms with van der Waals surface area (Å²) in [5, 5.41) is 0. The Morgan fingerprint density at radius 1 is 0.294 bits per heavy atom. The van der Waals surface area contributed by atoms with E-state index < -0.39 is 0 Å². The van der Waals surface area contributed by atoms with Crippen molar-refractivity contribution in [3.8, 4) is 0 Å². The molecular weight excluding hydrogens is 776 g/mol. The van der Waals surface area contributed by atoms with Crippen LogP contribution >= 0.6 is 19.8 Å². The first-order valence-corrected chi connectivity index (χ1v) is 33.5. The summed E-state index contributed by atoms with van der Waals surface area (Å²) in [4.78, 5) is 23.0. The van der Waals surface area contributed by atoms with E-state index in [0.717, 1.165) is 0 Å². The van der Waals surface area contributed by atoms with Crippen LogP contribution in [0.5, 0.6) is 0 Å². The molecule has 0 aliphatic rings. The van der Waals surface area contributed by atoms with Gasteiger partial charge in [-0.25, -0.2) is 0 Å². The van der Waals surface area contributed by atoms with Crippen molar-refractivity contribution < 1.29 is 0 Å². The van der Waals surface area contributed by atoms with E-state index in [-0.39, 0.29) is 126 Å². The summed E-state index contributed by atoms with van der Waals surface area (Å²) in [6.07, 6.45) is 0. The molecule has 0 aliphatic heterocycles. The second-order valence-corrected chi connectivity index (χ2v) is 16.8. The average molecular weight is 812 g/mol. The van der Waals surface area contributed by atoms with Gasteiger partial charge >= 0.3 is 155 Å². The molecule has 0 fully saturated rings. The van der Waals surface area contributed by atoms with Crippen LogP contribution in [0.15, 0.2) is 0 Å². The van der Waals surface area contributed by atoms with Crippen molar-refractivity contribution in [2.45, 2.75) is 49.4 Å². The molecule has 0 spiro atoms. The predicted octanol–water partition coefficient (Wildman–Crippen LogP) is 4.05. The molecule has 0 aliphatic carbocycles. The van der Waals surface area contributed by atoms with Crippen LogP contribution in [0.4, 0.5) is 0 Å². The van der Waals surface area contributed by atoms with Crippen molar-refractivity contribution in [3.63, 3.8) is 0 Å². The predicted molar refractivity (Wildman–Crippen MR) is 110 cm³/mol. The van der Waals surface area contributed by atoms with Gasteiger partial charge < -0.3 is 0 Å². The molecule has 10 radical (unpaired) electrons. The first-order valence-electron chi connectivity index (χ1n) is 5.00. The molecule has 2 atom stereocenters. The monoisotopic (exact) mass is 818 g/mol. The Hall–Kier alpha value is 4.85. The SMILES string of the molecule is P.P.[CH3][Sn][CH3].[CH3][Sn][CH3].[CH3][Sn][CH3].[CH3][Sn][CH3].[CH3][Sn][CH3]. The normalized spacial score (nSPS) is 5.29. The Morgan fingerprint density at radius 2 is 0.294 bits per heavy atom. The number of hydrogen-bond acceptors (Lipinski definition) is 0. The van der Waals surface area contributed by atoms with Gasteiger partial charge in [0, 0.05) is 0 Å². The molecule has 17 heavy (non-hydrogen) atoms. The molecule has 0 aromatic heterocycles. The fourth-order valence-corrected chi connectivity index (χ4v) is 0. The van der Waals surface area contributed by atoms with Gasteiger partial charge in [-0.15, -0.1) is 0 Å². The van der Waals surface area contributed by atoms with Gasteiger partial charge in [-0.3, -0.25) is 0 Å². The molecule has 0 saturated carbocycles. The van der Waals surface area contributed by atoms with E-state index in [1.165, 1.54) is 0 Å². The zero-order valence-corrected chi connectivity index (χ0v) is 31.0. The quantitative estimate of drug-likeness (QED) is 0.256. The zero-order chi connectivity index (χ0) is 13.5. The fourth-order valence-electron chi connectivity index (χ4n) is 0. The molecule has 0 amide bonds. The Labute approximate surface area is 171 Å². The summed E-state index contributed by atoms with van der Waals surface area (Å²) < 4.78 is 0. The Kier molecular flexibility index (Phi) is 215. The van der Waals surface area contributed by atoms with Crippen LogP contribution in [0.2, 0.25) is 49.4 Å². The summed E-state index contributed by atoms with van der Waals surface area (Å²) in [6, 6.07) is 0. The van der Waals surface area contributed by atoms with Crippen LogP contribution in [0.1, 0.15) is 0 Å². The molecule has 0 nitrogen and oxygen atoms in total. The topological polar surface area (TPSA) is 0 Å². The average Bonchev–Trinajstić information content (AvgIpc) is 2.09. The van der Waals surface area contributed by atoms with E-state index in [2.05, 4.69) is 49.4 Å². The van der Waals surface area contributed by atoms with Gasteiger partial charge in [0.2, 0.25) is 0 Å². The van der Waals surface area contributed by atoms with Gasteiger partial charge in [0.15, 0.2) is 0 Å². The van der Waals surface area contributed by atoms with E-state index in [4.69, 9.17) is 0 Å². The standard InChI is InChI=1S/10CH3.2H3P.5Sn/h12*1H3;;;;;. The van der Waals surface area contributed by atoms with Gasteiger partial charge in [-0.1, -0.05) is 0 Å². The molecular formula is C10H36P2Sn5. The molecule has 0 saturated heterocycles. The Balaban J connectivity index is -0.0000000143. The Bertz CT molecular complexity index is 34.3. The van der Waals surface area contributed by atoms with E-state index >= 15 is 0 Å². The molecule has 0 N–H and O–H groups in total. The Morgan fingerprint density at radius 3 is 0.294 bits per heavy atom. The van der Waals surface area contributed by atoms with Gasteiger partial charge in [0.25, 0.3) is 0 Å². The van der Waals surface area contributed by atoms with Crippen LogP contribution in [-0.2, 0) is 0 Å². The molecule has 106 valence electrons. The van der Waals surface area contributed by atoms with Gasteiger partial charge in [-0.05, 0) is 0 Å². The summed E-state index contributed by atoms with van der Waals surface area (Å²) in [5.41, 5.74) is 0. The summed E-state index contributed by atoms with van der Waals surface area (Å²) in [6.45, 7) is 0. The van der Waals surface area contributed by atoms with Crippen molar-refractivity contribution in [2.24, 2.45) is 0 Å². The summed E-state index contributed by atoms with van der Waals surface area (Å²) in [5.74, 6) is 0. The maximum absolute atomic E-state index is 2.30. The molecule has 2 unspecified atom stereocenters. The van der Waals surface area contributed by atoms with Crippen LogP contribution in [-0.4, -0.2) is 106 Å². The van der Waals surface area contributed by atoms with E-state index in [0.29, 0.717) is 0 Å². The molecule has 0 aromatic carbocycles. The first kappa shape index (κ1) is 43.1. The summed E-state index contributed by atoms with van der Waals surface area (Å²) in [7, 11) is 0. The second kappa shape index (κ2) is 84.7. The molecule has 0 heterocycles. The van der Waals surface area contributed by atoms with E-state index in [1.54, 1.807) is 0 Å². The van der Waals surface area contributed by atoms with Gasteiger partial charge in [0.1, 0.15) is 0 Å². The van der Waals surface area contributed by atoms with Crippen LogP contribution in [0, 0.1) is 0 Å². The van der Waals surface area contributed by atoms with Gasteiger partial charge in [0.05, 0.1) is 0 Å². The zero-order valence-electron chi connectivity index (χ0n) is 13.9. The van der Waals surface area contributed by atoms with Crippen LogP contribution in [0.3, 0.4) is 0 Å². The molecule has 0 aromatic rings. The van der Waals surface area contributed by atoms with Crippen molar-refractivity contribution >= 4 is 126 Å². The van der Waals surface area contributed by atoms with Crippen molar-refractivity contribution in [2.75, 3.05) is 0 Å². The first-order chi connectivity index (χ1) is 7.07. The van der Waals surface area contributed by atoms with Crippen molar-refractivity contribution in [1.82, 2.24) is 0 Å². The van der Waals surface area contributed by atoms with Crippen molar-refractivity contribution in [3.05, 3.63) is 0 Å². The van der Waals surface area contributed by atoms with Crippen LogP contribution in [0.25, 0.3) is 0 Å². The van der Waals surface area contributed by atoms with Crippen molar-refractivity contribution in [1.29, 1.82) is 0 Å². The van der Waals surface area contributed by atoms with Gasteiger partial charge in [-0.2, -0.15) is 19.8 Å². The van der Waals surface area contributed by atoms with E-state index in [9.17, 15) is 0 Å². The minimum absolute atomic E-state index is 0. The number of hydrogen-bond donors (Lipinski definition) is 0. The third-order valence-electron chi connectivity index (χ3n) is 0. The maximum atomic E-state index is 2.30. The molecule has 0 rings (SSSR count). The minimum atomic E-state index is 0. The summed E-state index contributed by atoms with van der Waals surface area (Å²) >= 11 is 1.15. The third-order valence-corrected chi connectivity index (χ3v) is 0. The van der Waals surface area contributed by atoms with E-state index in [1.807, 2.05) is 0 Å². The fraction of sp³-hybridized carbons (Fsp3) is 1.00. The molecule has 0 bridgehead atoms. The molecule has 7 heteroatoms. The number of rotatable bonds is 0. The van der Waals surface area contributed by atoms with Crippen LogP contribution < -0.4 is 0 Å².